The zero-order valence-electron chi connectivity index (χ0n) is 14.5. The van der Waals surface area contributed by atoms with Crippen molar-refractivity contribution in [3.8, 4) is 0 Å². The van der Waals surface area contributed by atoms with Gasteiger partial charge in [-0.1, -0.05) is 6.07 Å². The standard InChI is InChI=1S/C18H21N7/c1-12-4-3-5-19-16(12)11-23-9-15-8-14(23)10-25(15)17-18-22-21-13(2)24(18)7-6-20-17/h3-7,14-15H,8-11H2,1-2H3. The average molecular weight is 335 g/mol. The van der Waals surface area contributed by atoms with Gasteiger partial charge in [0.1, 0.15) is 5.82 Å². The van der Waals surface area contributed by atoms with Crippen LogP contribution >= 0.6 is 0 Å². The van der Waals surface area contributed by atoms with Crippen molar-refractivity contribution in [2.45, 2.75) is 38.9 Å². The second-order valence-electron chi connectivity index (χ2n) is 7.08. The van der Waals surface area contributed by atoms with Gasteiger partial charge in [0.15, 0.2) is 5.82 Å². The molecule has 2 atom stereocenters. The van der Waals surface area contributed by atoms with Crippen molar-refractivity contribution in [2.24, 2.45) is 0 Å². The van der Waals surface area contributed by atoms with Crippen molar-refractivity contribution in [1.29, 1.82) is 0 Å². The maximum atomic E-state index is 4.62. The molecule has 0 radical (unpaired) electrons. The lowest BCUT2D eigenvalue weighted by Crippen LogP contribution is -2.46. The molecule has 2 aliphatic heterocycles. The fourth-order valence-electron chi connectivity index (χ4n) is 4.21. The number of piperazine rings is 1. The van der Waals surface area contributed by atoms with Gasteiger partial charge in [-0.3, -0.25) is 14.3 Å². The molecule has 0 aliphatic carbocycles. The molecule has 2 aliphatic rings. The lowest BCUT2D eigenvalue weighted by atomic mass is 10.2. The molecule has 7 nitrogen and oxygen atoms in total. The van der Waals surface area contributed by atoms with Crippen LogP contribution in [0, 0.1) is 13.8 Å². The maximum Gasteiger partial charge on any atom is 0.203 e. The predicted octanol–water partition coefficient (Wildman–Crippen LogP) is 1.60. The third kappa shape index (κ3) is 2.30. The Morgan fingerprint density at radius 2 is 2.00 bits per heavy atom. The van der Waals surface area contributed by atoms with E-state index in [9.17, 15) is 0 Å². The summed E-state index contributed by atoms with van der Waals surface area (Å²) < 4.78 is 2.02. The van der Waals surface area contributed by atoms with Gasteiger partial charge < -0.3 is 4.90 Å². The molecule has 2 bridgehead atoms. The van der Waals surface area contributed by atoms with Crippen molar-refractivity contribution < 1.29 is 0 Å². The third-order valence-corrected chi connectivity index (χ3v) is 5.58. The molecular formula is C18H21N7. The first-order valence-corrected chi connectivity index (χ1v) is 8.78. The van der Waals surface area contributed by atoms with E-state index >= 15 is 0 Å². The van der Waals surface area contributed by atoms with Gasteiger partial charge in [0, 0.05) is 50.3 Å². The van der Waals surface area contributed by atoms with E-state index in [1.54, 1.807) is 0 Å². The second-order valence-corrected chi connectivity index (χ2v) is 7.08. The zero-order valence-corrected chi connectivity index (χ0v) is 14.5. The van der Waals surface area contributed by atoms with Gasteiger partial charge >= 0.3 is 0 Å². The first-order chi connectivity index (χ1) is 12.2. The molecule has 0 N–H and O–H groups in total. The van der Waals surface area contributed by atoms with E-state index < -0.39 is 0 Å². The fourth-order valence-corrected chi connectivity index (χ4v) is 4.21. The first-order valence-electron chi connectivity index (χ1n) is 8.78. The van der Waals surface area contributed by atoms with Crippen LogP contribution in [0.4, 0.5) is 5.82 Å². The molecule has 0 aromatic carbocycles. The molecule has 2 saturated heterocycles. The minimum Gasteiger partial charge on any atom is -0.348 e. The van der Waals surface area contributed by atoms with Crippen molar-refractivity contribution >= 4 is 11.5 Å². The Kier molecular flexibility index (Phi) is 3.24. The summed E-state index contributed by atoms with van der Waals surface area (Å²) in [6, 6.07) is 5.19. The topological polar surface area (TPSA) is 62.5 Å². The second kappa shape index (κ2) is 5.49. The number of nitrogens with zero attached hydrogens (tertiary/aromatic N) is 7. The van der Waals surface area contributed by atoms with Gasteiger partial charge in [-0.15, -0.1) is 10.2 Å². The number of anilines is 1. The summed E-state index contributed by atoms with van der Waals surface area (Å²) in [5, 5.41) is 8.53. The van der Waals surface area contributed by atoms with E-state index in [1.807, 2.05) is 36.0 Å². The summed E-state index contributed by atoms with van der Waals surface area (Å²) in [5.74, 6) is 1.86. The Hall–Kier alpha value is -2.54. The smallest absolute Gasteiger partial charge is 0.203 e. The summed E-state index contributed by atoms with van der Waals surface area (Å²) in [4.78, 5) is 14.1. The van der Waals surface area contributed by atoms with Crippen molar-refractivity contribution in [3.05, 3.63) is 47.8 Å². The number of fused-ring (bicyclic) bond motifs is 3. The number of aromatic nitrogens is 5. The van der Waals surface area contributed by atoms with Crippen molar-refractivity contribution in [3.63, 3.8) is 0 Å². The maximum absolute atomic E-state index is 4.62. The molecule has 3 aromatic heterocycles. The normalized spacial score (nSPS) is 23.0. The molecule has 3 aromatic rings. The lowest BCUT2D eigenvalue weighted by molar-refractivity contribution is 0.227. The average Bonchev–Trinajstić information content (AvgIpc) is 3.31. The largest absolute Gasteiger partial charge is 0.348 e. The van der Waals surface area contributed by atoms with Crippen molar-refractivity contribution in [2.75, 3.05) is 18.0 Å². The molecule has 0 saturated carbocycles. The summed E-state index contributed by atoms with van der Waals surface area (Å²) in [5.41, 5.74) is 3.32. The molecule has 128 valence electrons. The van der Waals surface area contributed by atoms with Crippen LogP contribution in [0.3, 0.4) is 0 Å². The van der Waals surface area contributed by atoms with Crippen LogP contribution < -0.4 is 4.90 Å². The minimum atomic E-state index is 0.490. The van der Waals surface area contributed by atoms with Crippen LogP contribution in [0.25, 0.3) is 5.65 Å². The molecule has 25 heavy (non-hydrogen) atoms. The number of pyridine rings is 1. The van der Waals surface area contributed by atoms with E-state index in [1.165, 1.54) is 17.7 Å². The highest BCUT2D eigenvalue weighted by molar-refractivity contribution is 5.65. The Labute approximate surface area is 146 Å². The van der Waals surface area contributed by atoms with E-state index in [0.29, 0.717) is 12.1 Å². The monoisotopic (exact) mass is 335 g/mol. The lowest BCUT2D eigenvalue weighted by Gasteiger charge is -2.34. The van der Waals surface area contributed by atoms with E-state index in [2.05, 4.69) is 43.0 Å². The number of aryl methyl sites for hydroxylation is 2. The molecule has 7 heteroatoms. The highest BCUT2D eigenvalue weighted by Gasteiger charge is 2.44. The summed E-state index contributed by atoms with van der Waals surface area (Å²) in [6.45, 7) is 7.09. The molecule has 2 fully saturated rings. The molecule has 0 amide bonds. The Morgan fingerprint density at radius 3 is 2.80 bits per heavy atom. The highest BCUT2D eigenvalue weighted by atomic mass is 15.4. The zero-order chi connectivity index (χ0) is 17.0. The number of rotatable bonds is 3. The van der Waals surface area contributed by atoms with Gasteiger partial charge in [0.05, 0.1) is 5.69 Å². The van der Waals surface area contributed by atoms with Crippen LogP contribution in [-0.4, -0.2) is 54.6 Å². The van der Waals surface area contributed by atoms with Gasteiger partial charge in [0.2, 0.25) is 5.65 Å². The molecule has 5 heterocycles. The van der Waals surface area contributed by atoms with Crippen LogP contribution in [0.1, 0.15) is 23.5 Å². The quantitative estimate of drug-likeness (QED) is 0.724. The molecule has 0 spiro atoms. The van der Waals surface area contributed by atoms with Crippen molar-refractivity contribution in [1.82, 2.24) is 29.5 Å². The van der Waals surface area contributed by atoms with Crippen LogP contribution in [0.2, 0.25) is 0 Å². The van der Waals surface area contributed by atoms with E-state index in [-0.39, 0.29) is 0 Å². The summed E-state index contributed by atoms with van der Waals surface area (Å²) in [7, 11) is 0. The highest BCUT2D eigenvalue weighted by Crippen LogP contribution is 2.35. The van der Waals surface area contributed by atoms with Gasteiger partial charge in [-0.25, -0.2) is 4.98 Å². The number of hydrogen-bond donors (Lipinski definition) is 0. The minimum absolute atomic E-state index is 0.490. The predicted molar refractivity (Wildman–Crippen MR) is 94.4 cm³/mol. The third-order valence-electron chi connectivity index (χ3n) is 5.58. The SMILES string of the molecule is Cc1cccnc1CN1CC2CC1CN2c1nccn2c(C)nnc12. The van der Waals surface area contributed by atoms with E-state index in [4.69, 9.17) is 0 Å². The van der Waals surface area contributed by atoms with Crippen LogP contribution in [0.5, 0.6) is 0 Å². The van der Waals surface area contributed by atoms with Crippen LogP contribution in [-0.2, 0) is 6.54 Å². The van der Waals surface area contributed by atoms with Gasteiger partial charge in [0.25, 0.3) is 0 Å². The van der Waals surface area contributed by atoms with E-state index in [0.717, 1.165) is 36.9 Å². The number of hydrogen-bond acceptors (Lipinski definition) is 6. The Bertz CT molecular complexity index is 934. The summed E-state index contributed by atoms with van der Waals surface area (Å²) in [6.07, 6.45) is 6.85. The number of likely N-dealkylation sites (tertiary alicyclic amines) is 1. The Balaban J connectivity index is 1.38. The molecular weight excluding hydrogens is 314 g/mol. The fraction of sp³-hybridized carbons (Fsp3) is 0.444. The molecule has 2 unspecified atom stereocenters. The van der Waals surface area contributed by atoms with Crippen LogP contribution in [0.15, 0.2) is 30.7 Å². The summed E-state index contributed by atoms with van der Waals surface area (Å²) >= 11 is 0. The van der Waals surface area contributed by atoms with Gasteiger partial charge in [-0.05, 0) is 31.9 Å². The molecule has 5 rings (SSSR count). The first kappa shape index (κ1) is 14.8. The Morgan fingerprint density at radius 1 is 1.08 bits per heavy atom. The van der Waals surface area contributed by atoms with Gasteiger partial charge in [-0.2, -0.15) is 0 Å².